The van der Waals surface area contributed by atoms with E-state index in [-0.39, 0.29) is 37.4 Å². The topological polar surface area (TPSA) is 93.3 Å². The van der Waals surface area contributed by atoms with Gasteiger partial charge in [0.2, 0.25) is 11.8 Å². The molecule has 1 fully saturated rings. The minimum Gasteiger partial charge on any atom is -0.408 e. The van der Waals surface area contributed by atoms with E-state index in [1.165, 1.54) is 4.57 Å². The van der Waals surface area contributed by atoms with Crippen molar-refractivity contribution in [1.82, 2.24) is 15.2 Å². The van der Waals surface area contributed by atoms with Gasteiger partial charge in [-0.1, -0.05) is 11.6 Å². The molecule has 1 aliphatic carbocycles. The molecule has 2 amide bonds. The Balaban J connectivity index is 1.55. The van der Waals surface area contributed by atoms with Crippen molar-refractivity contribution in [2.45, 2.75) is 31.8 Å². The standard InChI is InChI=1S/C15H16ClN3O4/c16-9-1-4-11-12(7-9)23-15(22)19(11)6-5-13(20)17-8-14(21)18-10-2-3-10/h1,4,7,10H,2-3,5-6,8H2,(H,17,20)(H,18,21). The van der Waals surface area contributed by atoms with Crippen LogP contribution in [0.3, 0.4) is 0 Å². The number of aromatic nitrogens is 1. The first-order valence-corrected chi connectivity index (χ1v) is 7.75. The van der Waals surface area contributed by atoms with Crippen molar-refractivity contribution in [1.29, 1.82) is 0 Å². The normalized spacial score (nSPS) is 14.0. The lowest BCUT2D eigenvalue weighted by atomic mass is 10.3. The summed E-state index contributed by atoms with van der Waals surface area (Å²) in [5.41, 5.74) is 0.963. The van der Waals surface area contributed by atoms with Crippen LogP contribution < -0.4 is 16.4 Å². The van der Waals surface area contributed by atoms with Crippen LogP contribution in [-0.2, 0) is 16.1 Å². The summed E-state index contributed by atoms with van der Waals surface area (Å²) < 4.78 is 6.46. The first-order chi connectivity index (χ1) is 11.0. The number of rotatable bonds is 6. The average molecular weight is 338 g/mol. The Morgan fingerprint density at radius 1 is 1.30 bits per heavy atom. The molecule has 1 aromatic heterocycles. The molecule has 1 heterocycles. The van der Waals surface area contributed by atoms with E-state index in [4.69, 9.17) is 16.0 Å². The van der Waals surface area contributed by atoms with Gasteiger partial charge < -0.3 is 15.1 Å². The van der Waals surface area contributed by atoms with Crippen molar-refractivity contribution >= 4 is 34.5 Å². The van der Waals surface area contributed by atoms with Crippen LogP contribution in [0.2, 0.25) is 5.02 Å². The van der Waals surface area contributed by atoms with Crippen LogP contribution in [0.25, 0.3) is 11.1 Å². The first-order valence-electron chi connectivity index (χ1n) is 7.38. The number of nitrogens with zero attached hydrogens (tertiary/aromatic N) is 1. The smallest absolute Gasteiger partial charge is 0.408 e. The molecule has 7 nitrogen and oxygen atoms in total. The molecule has 122 valence electrons. The van der Waals surface area contributed by atoms with Crippen LogP contribution in [0.15, 0.2) is 27.4 Å². The molecule has 0 spiro atoms. The van der Waals surface area contributed by atoms with Gasteiger partial charge in [0.1, 0.15) is 0 Å². The van der Waals surface area contributed by atoms with Gasteiger partial charge in [0.05, 0.1) is 12.1 Å². The van der Waals surface area contributed by atoms with E-state index < -0.39 is 5.76 Å². The van der Waals surface area contributed by atoms with Crippen molar-refractivity contribution in [3.63, 3.8) is 0 Å². The third-order valence-electron chi connectivity index (χ3n) is 3.58. The van der Waals surface area contributed by atoms with Gasteiger partial charge in [-0.3, -0.25) is 14.2 Å². The van der Waals surface area contributed by atoms with Gasteiger partial charge in [0.15, 0.2) is 5.58 Å². The second-order valence-corrected chi connectivity index (χ2v) is 5.94. The zero-order chi connectivity index (χ0) is 16.4. The summed E-state index contributed by atoms with van der Waals surface area (Å²) in [6.45, 7) is 0.121. The van der Waals surface area contributed by atoms with Crippen LogP contribution >= 0.6 is 11.6 Å². The van der Waals surface area contributed by atoms with Gasteiger partial charge in [0.25, 0.3) is 0 Å². The summed E-state index contributed by atoms with van der Waals surface area (Å²) in [6, 6.07) is 5.14. The maximum absolute atomic E-state index is 11.8. The molecule has 1 saturated carbocycles. The van der Waals surface area contributed by atoms with Crippen LogP contribution in [0.5, 0.6) is 0 Å². The van der Waals surface area contributed by atoms with Gasteiger partial charge in [-0.05, 0) is 25.0 Å². The molecule has 0 unspecified atom stereocenters. The highest BCUT2D eigenvalue weighted by molar-refractivity contribution is 6.31. The fourth-order valence-electron chi connectivity index (χ4n) is 2.24. The van der Waals surface area contributed by atoms with Crippen LogP contribution in [0.1, 0.15) is 19.3 Å². The third-order valence-corrected chi connectivity index (χ3v) is 3.82. The number of amides is 2. The lowest BCUT2D eigenvalue weighted by Crippen LogP contribution is -2.38. The highest BCUT2D eigenvalue weighted by atomic mass is 35.5. The number of benzene rings is 1. The fraction of sp³-hybridized carbons (Fsp3) is 0.400. The molecule has 2 N–H and O–H groups in total. The summed E-state index contributed by atoms with van der Waals surface area (Å²) in [4.78, 5) is 35.1. The SMILES string of the molecule is O=C(CCn1c(=O)oc2cc(Cl)ccc21)NCC(=O)NC1CC1. The van der Waals surface area contributed by atoms with Crippen molar-refractivity contribution < 1.29 is 14.0 Å². The number of carbonyl (C=O) groups excluding carboxylic acids is 2. The van der Waals surface area contributed by atoms with Gasteiger partial charge >= 0.3 is 5.76 Å². The van der Waals surface area contributed by atoms with E-state index >= 15 is 0 Å². The highest BCUT2D eigenvalue weighted by Crippen LogP contribution is 2.19. The van der Waals surface area contributed by atoms with E-state index in [1.807, 2.05) is 0 Å². The maximum Gasteiger partial charge on any atom is 0.419 e. The van der Waals surface area contributed by atoms with Crippen molar-refractivity contribution in [3.05, 3.63) is 33.8 Å². The fourth-order valence-corrected chi connectivity index (χ4v) is 2.40. The Labute approximate surface area is 136 Å². The minimum absolute atomic E-state index is 0.0496. The Bertz CT molecular complexity index is 807. The van der Waals surface area contributed by atoms with E-state index in [9.17, 15) is 14.4 Å². The average Bonchev–Trinajstić information content (AvgIpc) is 3.25. The number of oxazole rings is 1. The second kappa shape index (κ2) is 6.45. The number of fused-ring (bicyclic) bond motifs is 1. The molecule has 3 rings (SSSR count). The van der Waals surface area contributed by atoms with Crippen molar-refractivity contribution in [2.24, 2.45) is 0 Å². The molecule has 23 heavy (non-hydrogen) atoms. The maximum atomic E-state index is 11.8. The van der Waals surface area contributed by atoms with Crippen molar-refractivity contribution in [3.8, 4) is 0 Å². The third kappa shape index (κ3) is 3.92. The molecule has 1 aliphatic rings. The van der Waals surface area contributed by atoms with Crippen molar-refractivity contribution in [2.75, 3.05) is 6.54 Å². The lowest BCUT2D eigenvalue weighted by Gasteiger charge is -2.06. The van der Waals surface area contributed by atoms with Gasteiger partial charge in [-0.15, -0.1) is 0 Å². The number of carbonyl (C=O) groups is 2. The Morgan fingerprint density at radius 3 is 2.83 bits per heavy atom. The summed E-state index contributed by atoms with van der Waals surface area (Å²) >= 11 is 5.85. The monoisotopic (exact) mass is 337 g/mol. The number of aryl methyl sites for hydroxylation is 1. The molecule has 2 aromatic rings. The molecular formula is C15H16ClN3O4. The molecule has 1 aromatic carbocycles. The van der Waals surface area contributed by atoms with Crippen LogP contribution in [0, 0.1) is 0 Å². The number of halogens is 1. The van der Waals surface area contributed by atoms with Gasteiger partial charge in [-0.25, -0.2) is 4.79 Å². The Kier molecular flexibility index (Phi) is 4.38. The summed E-state index contributed by atoms with van der Waals surface area (Å²) in [5, 5.41) is 5.79. The molecule has 0 atom stereocenters. The van der Waals surface area contributed by atoms with Crippen LogP contribution in [-0.4, -0.2) is 29.0 Å². The predicted molar refractivity (Wildman–Crippen MR) is 84.3 cm³/mol. The highest BCUT2D eigenvalue weighted by Gasteiger charge is 2.23. The zero-order valence-corrected chi connectivity index (χ0v) is 13.1. The summed E-state index contributed by atoms with van der Waals surface area (Å²) in [5.74, 6) is -1.03. The van der Waals surface area contributed by atoms with Crippen LogP contribution in [0.4, 0.5) is 0 Å². The quantitative estimate of drug-likeness (QED) is 0.823. The molecule has 0 saturated heterocycles. The van der Waals surface area contributed by atoms with E-state index in [2.05, 4.69) is 10.6 Å². The summed E-state index contributed by atoms with van der Waals surface area (Å²) in [6.07, 6.45) is 2.08. The van der Waals surface area contributed by atoms with Gasteiger partial charge in [-0.2, -0.15) is 0 Å². The predicted octanol–water partition coefficient (Wildman–Crippen LogP) is 1.03. The molecular weight excluding hydrogens is 322 g/mol. The largest absolute Gasteiger partial charge is 0.419 e. The van der Waals surface area contributed by atoms with E-state index in [1.54, 1.807) is 18.2 Å². The number of nitrogens with one attached hydrogen (secondary N) is 2. The first kappa shape index (κ1) is 15.6. The van der Waals surface area contributed by atoms with E-state index in [0.29, 0.717) is 16.1 Å². The molecule has 0 bridgehead atoms. The second-order valence-electron chi connectivity index (χ2n) is 5.50. The van der Waals surface area contributed by atoms with E-state index in [0.717, 1.165) is 12.8 Å². The molecule has 0 aliphatic heterocycles. The van der Waals surface area contributed by atoms with Gasteiger partial charge in [0, 0.05) is 30.1 Å². The number of hydrogen-bond donors (Lipinski definition) is 2. The lowest BCUT2D eigenvalue weighted by molar-refractivity contribution is -0.126. The number of hydrogen-bond acceptors (Lipinski definition) is 4. The molecule has 0 radical (unpaired) electrons. The zero-order valence-electron chi connectivity index (χ0n) is 12.3. The summed E-state index contributed by atoms with van der Waals surface area (Å²) in [7, 11) is 0. The minimum atomic E-state index is -0.540. The molecule has 8 heteroatoms. The Morgan fingerprint density at radius 2 is 2.09 bits per heavy atom. The Hall–Kier alpha value is -2.28.